The van der Waals surface area contributed by atoms with Gasteiger partial charge in [-0.15, -0.1) is 0 Å². The van der Waals surface area contributed by atoms with Crippen LogP contribution in [0.15, 0.2) is 12.4 Å². The predicted octanol–water partition coefficient (Wildman–Crippen LogP) is 2.15. The Bertz CT molecular complexity index is 940. The van der Waals surface area contributed by atoms with Gasteiger partial charge in [-0.25, -0.2) is 27.9 Å². The minimum absolute atomic E-state index is 0.0634. The summed E-state index contributed by atoms with van der Waals surface area (Å²) < 4.78 is 37.7. The fourth-order valence-corrected chi connectivity index (χ4v) is 6.65. The smallest absolute Gasteiger partial charge is 0.410 e. The van der Waals surface area contributed by atoms with Crippen molar-refractivity contribution >= 4 is 16.1 Å². The Balaban J connectivity index is 1.41. The summed E-state index contributed by atoms with van der Waals surface area (Å²) in [5.41, 5.74) is 1.13. The van der Waals surface area contributed by atoms with Gasteiger partial charge in [0.2, 0.25) is 10.0 Å². The highest BCUT2D eigenvalue weighted by Crippen LogP contribution is 2.56. The van der Waals surface area contributed by atoms with Crippen molar-refractivity contribution in [1.82, 2.24) is 19.6 Å². The standard InChI is InChI=1S/C22H34N4O5S/c1-14-11-23-20(24-12-14)22-7-5-16(22)10-17(6-8-22)31-13-19-18(25-32(4,28)29)9-15(2)26(19)21(27)30-3/h11-12,15-19,25H,5-10,13H2,1-4H3/t15-,16-,17-,18+,19+,22-/m1/s1. The maximum absolute atomic E-state index is 12.4. The van der Waals surface area contributed by atoms with Gasteiger partial charge in [0.25, 0.3) is 0 Å². The van der Waals surface area contributed by atoms with Gasteiger partial charge < -0.3 is 9.47 Å². The molecule has 10 heteroatoms. The van der Waals surface area contributed by atoms with Crippen molar-refractivity contribution in [3.8, 4) is 0 Å². The molecule has 0 unspecified atom stereocenters. The van der Waals surface area contributed by atoms with E-state index in [-0.39, 0.29) is 24.2 Å². The van der Waals surface area contributed by atoms with Crippen LogP contribution in [0.4, 0.5) is 4.79 Å². The van der Waals surface area contributed by atoms with Crippen LogP contribution in [0.3, 0.4) is 0 Å². The molecule has 2 aliphatic carbocycles. The number of carbonyl (C=O) groups excluding carboxylic acids is 1. The first-order chi connectivity index (χ1) is 15.1. The molecule has 0 spiro atoms. The lowest BCUT2D eigenvalue weighted by Gasteiger charge is -2.53. The van der Waals surface area contributed by atoms with Gasteiger partial charge in [0.1, 0.15) is 5.82 Å². The van der Waals surface area contributed by atoms with E-state index >= 15 is 0 Å². The number of methoxy groups -OCH3 is 1. The van der Waals surface area contributed by atoms with Crippen molar-refractivity contribution in [3.05, 3.63) is 23.8 Å². The number of carbonyl (C=O) groups is 1. The van der Waals surface area contributed by atoms with Crippen LogP contribution in [0.1, 0.15) is 56.8 Å². The van der Waals surface area contributed by atoms with E-state index < -0.39 is 28.2 Å². The van der Waals surface area contributed by atoms with E-state index in [2.05, 4.69) is 14.7 Å². The molecule has 4 rings (SSSR count). The van der Waals surface area contributed by atoms with Crippen LogP contribution in [0, 0.1) is 12.8 Å². The van der Waals surface area contributed by atoms with Gasteiger partial charge in [-0.1, -0.05) is 0 Å². The molecule has 0 bridgehead atoms. The van der Waals surface area contributed by atoms with Gasteiger partial charge in [0, 0.05) is 29.9 Å². The number of ether oxygens (including phenoxy) is 2. The molecule has 9 nitrogen and oxygen atoms in total. The first-order valence-corrected chi connectivity index (χ1v) is 13.3. The molecule has 1 aliphatic heterocycles. The number of hydrogen-bond acceptors (Lipinski definition) is 7. The molecule has 178 valence electrons. The lowest BCUT2D eigenvalue weighted by atomic mass is 9.53. The maximum atomic E-state index is 12.4. The SMILES string of the molecule is COC(=O)N1[C@H](C)C[C@H](NS(C)(=O)=O)[C@@H]1CO[C@@H]1CC[C@]2(c3ncc(C)cn3)CC[C@@H]2C1. The largest absolute Gasteiger partial charge is 0.453 e. The lowest BCUT2D eigenvalue weighted by molar-refractivity contribution is -0.0636. The monoisotopic (exact) mass is 466 g/mol. The van der Waals surface area contributed by atoms with Gasteiger partial charge in [-0.05, 0) is 63.9 Å². The minimum atomic E-state index is -3.41. The van der Waals surface area contributed by atoms with E-state index in [0.29, 0.717) is 12.3 Å². The summed E-state index contributed by atoms with van der Waals surface area (Å²) in [4.78, 5) is 23.2. The van der Waals surface area contributed by atoms with Gasteiger partial charge in [-0.3, -0.25) is 4.90 Å². The van der Waals surface area contributed by atoms with E-state index in [1.807, 2.05) is 26.2 Å². The van der Waals surface area contributed by atoms with Gasteiger partial charge in [0.15, 0.2) is 0 Å². The van der Waals surface area contributed by atoms with Gasteiger partial charge in [0.05, 0.1) is 32.1 Å². The summed E-state index contributed by atoms with van der Waals surface area (Å²) in [6.07, 6.45) is 10.2. The molecule has 0 aromatic carbocycles. The van der Waals surface area contributed by atoms with Gasteiger partial charge in [-0.2, -0.15) is 0 Å². The van der Waals surface area contributed by atoms with Crippen LogP contribution in [0.2, 0.25) is 0 Å². The third kappa shape index (κ3) is 4.49. The molecule has 1 aromatic heterocycles. The molecule has 6 atom stereocenters. The van der Waals surface area contributed by atoms with Crippen LogP contribution in [0.25, 0.3) is 0 Å². The fraction of sp³-hybridized carbons (Fsp3) is 0.773. The molecule has 1 amide bonds. The van der Waals surface area contributed by atoms with Gasteiger partial charge >= 0.3 is 6.09 Å². The number of likely N-dealkylation sites (tertiary alicyclic amines) is 1. The summed E-state index contributed by atoms with van der Waals surface area (Å²) in [7, 11) is -2.07. The summed E-state index contributed by atoms with van der Waals surface area (Å²) in [5.74, 6) is 1.45. The highest BCUT2D eigenvalue weighted by molar-refractivity contribution is 7.88. The molecule has 1 N–H and O–H groups in total. The summed E-state index contributed by atoms with van der Waals surface area (Å²) in [6.45, 7) is 4.18. The van der Waals surface area contributed by atoms with Crippen LogP contribution < -0.4 is 4.72 Å². The van der Waals surface area contributed by atoms with E-state index in [4.69, 9.17) is 9.47 Å². The Morgan fingerprint density at radius 3 is 2.50 bits per heavy atom. The molecule has 3 aliphatic rings. The first kappa shape index (κ1) is 23.4. The molecule has 3 fully saturated rings. The number of amides is 1. The highest BCUT2D eigenvalue weighted by Gasteiger charge is 2.53. The predicted molar refractivity (Wildman–Crippen MR) is 119 cm³/mol. The fourth-order valence-electron chi connectivity index (χ4n) is 5.84. The van der Waals surface area contributed by atoms with Crippen molar-refractivity contribution < 1.29 is 22.7 Å². The Morgan fingerprint density at radius 1 is 1.25 bits per heavy atom. The number of aryl methyl sites for hydroxylation is 1. The number of nitrogens with one attached hydrogen (secondary N) is 1. The maximum Gasteiger partial charge on any atom is 0.410 e. The topological polar surface area (TPSA) is 111 Å². The quantitative estimate of drug-likeness (QED) is 0.684. The van der Waals surface area contributed by atoms with E-state index in [1.54, 1.807) is 4.90 Å². The summed E-state index contributed by atoms with van der Waals surface area (Å²) in [5, 5.41) is 0. The van der Waals surface area contributed by atoms with Crippen molar-refractivity contribution in [2.75, 3.05) is 20.0 Å². The minimum Gasteiger partial charge on any atom is -0.453 e. The Morgan fingerprint density at radius 2 is 1.94 bits per heavy atom. The second-order valence-electron chi connectivity index (χ2n) is 9.73. The molecule has 32 heavy (non-hydrogen) atoms. The van der Waals surface area contributed by atoms with Crippen LogP contribution in [-0.4, -0.2) is 73.6 Å². The van der Waals surface area contributed by atoms with Crippen molar-refractivity contribution in [3.63, 3.8) is 0 Å². The lowest BCUT2D eigenvalue weighted by Crippen LogP contribution is -2.53. The van der Waals surface area contributed by atoms with Crippen LogP contribution >= 0.6 is 0 Å². The second-order valence-corrected chi connectivity index (χ2v) is 11.5. The molecule has 1 aromatic rings. The number of aromatic nitrogens is 2. The number of rotatable bonds is 6. The first-order valence-electron chi connectivity index (χ1n) is 11.4. The van der Waals surface area contributed by atoms with Crippen molar-refractivity contribution in [2.45, 2.75) is 82.0 Å². The normalized spacial score (nSPS) is 34.6. The second kappa shape index (κ2) is 8.87. The third-order valence-corrected chi connectivity index (χ3v) is 8.28. The Labute approximate surface area is 190 Å². The third-order valence-electron chi connectivity index (χ3n) is 7.55. The molecule has 1 saturated heterocycles. The Kier molecular flexibility index (Phi) is 6.48. The van der Waals surface area contributed by atoms with E-state index in [1.165, 1.54) is 7.11 Å². The zero-order chi connectivity index (χ0) is 23.1. The zero-order valence-electron chi connectivity index (χ0n) is 19.3. The van der Waals surface area contributed by atoms with Crippen molar-refractivity contribution in [1.29, 1.82) is 0 Å². The average Bonchev–Trinajstić information content (AvgIpc) is 3.01. The molecular formula is C22H34N4O5S. The van der Waals surface area contributed by atoms with Crippen molar-refractivity contribution in [2.24, 2.45) is 5.92 Å². The number of nitrogens with zero attached hydrogens (tertiary/aromatic N) is 3. The summed E-state index contributed by atoms with van der Waals surface area (Å²) in [6, 6.07) is -0.938. The van der Waals surface area contributed by atoms with E-state index in [9.17, 15) is 13.2 Å². The molecule has 0 radical (unpaired) electrons. The Hall–Kier alpha value is -1.78. The zero-order valence-corrected chi connectivity index (χ0v) is 20.1. The van der Waals surface area contributed by atoms with E-state index in [0.717, 1.165) is 49.7 Å². The molecular weight excluding hydrogens is 432 g/mol. The molecule has 2 saturated carbocycles. The van der Waals surface area contributed by atoms with Crippen LogP contribution in [-0.2, 0) is 24.9 Å². The number of fused-ring (bicyclic) bond motifs is 1. The number of hydrogen-bond donors (Lipinski definition) is 1. The average molecular weight is 467 g/mol. The summed E-state index contributed by atoms with van der Waals surface area (Å²) >= 11 is 0. The molecule has 2 heterocycles. The van der Waals surface area contributed by atoms with Crippen LogP contribution in [0.5, 0.6) is 0 Å². The number of sulfonamides is 1. The highest BCUT2D eigenvalue weighted by atomic mass is 32.2.